The molecule has 10 aromatic carbocycles. The van der Waals surface area contributed by atoms with E-state index < -0.39 is 0 Å². The molecule has 0 radical (unpaired) electrons. The quantitative estimate of drug-likeness (QED) is 0.167. The largest absolute Gasteiger partial charge is 0.311 e. The van der Waals surface area contributed by atoms with E-state index >= 15 is 0 Å². The summed E-state index contributed by atoms with van der Waals surface area (Å²) in [5.41, 5.74) is 11.8. The first-order valence-electron chi connectivity index (χ1n) is 19.3. The maximum absolute atomic E-state index is 2.44. The van der Waals surface area contributed by atoms with Crippen LogP contribution in [0.5, 0.6) is 0 Å². The average Bonchev–Trinajstić information content (AvgIpc) is 3.62. The van der Waals surface area contributed by atoms with Crippen LogP contribution < -0.4 is 4.90 Å². The predicted molar refractivity (Wildman–Crippen MR) is 239 cm³/mol. The Hall–Kier alpha value is -7.42. The zero-order valence-corrected chi connectivity index (χ0v) is 30.7. The van der Waals surface area contributed by atoms with Gasteiger partial charge in [-0.05, 0) is 110 Å². The fourth-order valence-electron chi connectivity index (χ4n) is 8.64. The Bertz CT molecular complexity index is 3220. The van der Waals surface area contributed by atoms with Crippen LogP contribution in [0.3, 0.4) is 0 Å². The van der Waals surface area contributed by atoms with Crippen LogP contribution in [0.25, 0.3) is 82.1 Å². The van der Waals surface area contributed by atoms with Gasteiger partial charge in [0.2, 0.25) is 0 Å². The highest BCUT2D eigenvalue weighted by Gasteiger charge is 2.16. The number of anilines is 3. The SMILES string of the molecule is c1ccc(N(c2ccc(-c3ccc4cc(-n5c6ccccc6c6ccc7ccccc7c65)ccc4c3)cc2)c2ccc(-c3cccc4ccccc34)cc2)cc1. The summed E-state index contributed by atoms with van der Waals surface area (Å²) in [5.74, 6) is 0. The number of benzene rings is 10. The summed E-state index contributed by atoms with van der Waals surface area (Å²) in [6, 6.07) is 79.4. The maximum Gasteiger partial charge on any atom is 0.0619 e. The first kappa shape index (κ1) is 32.0. The summed E-state index contributed by atoms with van der Waals surface area (Å²) >= 11 is 0. The molecule has 262 valence electrons. The van der Waals surface area contributed by atoms with Crippen LogP contribution in [0.4, 0.5) is 17.1 Å². The van der Waals surface area contributed by atoms with E-state index in [-0.39, 0.29) is 0 Å². The average molecular weight is 713 g/mol. The lowest BCUT2D eigenvalue weighted by Crippen LogP contribution is -2.09. The Morgan fingerprint density at radius 3 is 1.64 bits per heavy atom. The smallest absolute Gasteiger partial charge is 0.0619 e. The van der Waals surface area contributed by atoms with Crippen molar-refractivity contribution < 1.29 is 0 Å². The number of rotatable bonds is 6. The molecule has 2 heteroatoms. The van der Waals surface area contributed by atoms with Gasteiger partial charge in [-0.1, -0.05) is 158 Å². The second kappa shape index (κ2) is 13.2. The standard InChI is InChI=1S/C54H36N2/c1-2-14-44(15-3-1)55(46-31-25-40(26-32-46)49-19-10-13-38-11-4-6-16-48(38)49)45-29-23-37(24-30-45)41-21-22-43-36-47(33-27-42(43)35-41)56-53-20-9-8-18-51(53)52-34-28-39-12-5-7-17-50(39)54(52)56/h1-36H. The van der Waals surface area contributed by atoms with Crippen LogP contribution in [0, 0.1) is 0 Å². The minimum atomic E-state index is 1.11. The minimum Gasteiger partial charge on any atom is -0.311 e. The van der Waals surface area contributed by atoms with Gasteiger partial charge < -0.3 is 9.47 Å². The number of aromatic nitrogens is 1. The molecule has 0 fully saturated rings. The highest BCUT2D eigenvalue weighted by atomic mass is 15.1. The van der Waals surface area contributed by atoms with Crippen molar-refractivity contribution in [3.63, 3.8) is 0 Å². The summed E-state index contributed by atoms with van der Waals surface area (Å²) in [4.78, 5) is 2.33. The van der Waals surface area contributed by atoms with Gasteiger partial charge in [0, 0.05) is 38.9 Å². The summed E-state index contributed by atoms with van der Waals surface area (Å²) in [6.07, 6.45) is 0. The molecule has 11 rings (SSSR count). The fourth-order valence-corrected chi connectivity index (χ4v) is 8.64. The van der Waals surface area contributed by atoms with Crippen molar-refractivity contribution in [1.82, 2.24) is 4.57 Å². The third-order valence-electron chi connectivity index (χ3n) is 11.3. The number of fused-ring (bicyclic) bond motifs is 7. The van der Waals surface area contributed by atoms with Gasteiger partial charge in [-0.3, -0.25) is 0 Å². The number of hydrogen-bond acceptors (Lipinski definition) is 1. The van der Waals surface area contributed by atoms with E-state index in [1.165, 1.54) is 82.1 Å². The molecular weight excluding hydrogens is 677 g/mol. The van der Waals surface area contributed by atoms with Crippen LogP contribution in [0.15, 0.2) is 218 Å². The van der Waals surface area contributed by atoms with Crippen molar-refractivity contribution in [3.05, 3.63) is 218 Å². The van der Waals surface area contributed by atoms with E-state index in [1.807, 2.05) is 0 Å². The van der Waals surface area contributed by atoms with Crippen LogP contribution in [0.1, 0.15) is 0 Å². The Morgan fingerprint density at radius 1 is 0.304 bits per heavy atom. The predicted octanol–water partition coefficient (Wildman–Crippen LogP) is 15.0. The summed E-state index contributed by atoms with van der Waals surface area (Å²) < 4.78 is 2.44. The van der Waals surface area contributed by atoms with Crippen molar-refractivity contribution >= 4 is 71.2 Å². The molecule has 0 spiro atoms. The zero-order valence-electron chi connectivity index (χ0n) is 30.7. The molecule has 2 nitrogen and oxygen atoms in total. The van der Waals surface area contributed by atoms with E-state index in [0.29, 0.717) is 0 Å². The molecule has 0 saturated heterocycles. The molecule has 0 amide bonds. The van der Waals surface area contributed by atoms with Crippen molar-refractivity contribution in [1.29, 1.82) is 0 Å². The van der Waals surface area contributed by atoms with E-state index in [4.69, 9.17) is 0 Å². The van der Waals surface area contributed by atoms with E-state index in [2.05, 4.69) is 228 Å². The Labute approximate surface area is 325 Å². The van der Waals surface area contributed by atoms with Gasteiger partial charge in [-0.15, -0.1) is 0 Å². The molecule has 0 atom stereocenters. The molecular formula is C54H36N2. The normalized spacial score (nSPS) is 11.6. The Morgan fingerprint density at radius 2 is 0.857 bits per heavy atom. The van der Waals surface area contributed by atoms with E-state index in [1.54, 1.807) is 0 Å². The van der Waals surface area contributed by atoms with Crippen molar-refractivity contribution in [2.75, 3.05) is 4.90 Å². The first-order chi connectivity index (χ1) is 27.8. The van der Waals surface area contributed by atoms with Gasteiger partial charge in [0.15, 0.2) is 0 Å². The Balaban J connectivity index is 0.938. The monoisotopic (exact) mass is 712 g/mol. The third kappa shape index (κ3) is 5.34. The van der Waals surface area contributed by atoms with Gasteiger partial charge in [0.1, 0.15) is 0 Å². The van der Waals surface area contributed by atoms with Gasteiger partial charge >= 0.3 is 0 Å². The van der Waals surface area contributed by atoms with Crippen LogP contribution in [-0.4, -0.2) is 4.57 Å². The molecule has 56 heavy (non-hydrogen) atoms. The Kier molecular flexibility index (Phi) is 7.53. The van der Waals surface area contributed by atoms with Crippen molar-refractivity contribution in [2.45, 2.75) is 0 Å². The molecule has 0 N–H and O–H groups in total. The summed E-state index contributed by atoms with van der Waals surface area (Å²) in [6.45, 7) is 0. The zero-order chi connectivity index (χ0) is 37.0. The molecule has 1 heterocycles. The van der Waals surface area contributed by atoms with Crippen LogP contribution >= 0.6 is 0 Å². The number of para-hydroxylation sites is 2. The van der Waals surface area contributed by atoms with Crippen molar-refractivity contribution in [2.24, 2.45) is 0 Å². The third-order valence-corrected chi connectivity index (χ3v) is 11.3. The highest BCUT2D eigenvalue weighted by molar-refractivity contribution is 6.18. The molecule has 0 unspecified atom stereocenters. The molecule has 0 aliphatic carbocycles. The topological polar surface area (TPSA) is 8.17 Å². The van der Waals surface area contributed by atoms with Crippen LogP contribution in [-0.2, 0) is 0 Å². The van der Waals surface area contributed by atoms with E-state index in [0.717, 1.165) is 17.1 Å². The highest BCUT2D eigenvalue weighted by Crippen LogP contribution is 2.40. The number of nitrogens with zero attached hydrogens (tertiary/aromatic N) is 2. The first-order valence-corrected chi connectivity index (χ1v) is 19.3. The number of hydrogen-bond donors (Lipinski definition) is 0. The van der Waals surface area contributed by atoms with Gasteiger partial charge in [-0.2, -0.15) is 0 Å². The lowest BCUT2D eigenvalue weighted by atomic mass is 9.98. The van der Waals surface area contributed by atoms with Crippen LogP contribution in [0.2, 0.25) is 0 Å². The molecule has 11 aromatic rings. The summed E-state index contributed by atoms with van der Waals surface area (Å²) in [5, 5.41) is 10.0. The second-order valence-corrected chi connectivity index (χ2v) is 14.6. The van der Waals surface area contributed by atoms with Gasteiger partial charge in [0.05, 0.1) is 11.0 Å². The molecule has 1 aromatic heterocycles. The lowest BCUT2D eigenvalue weighted by molar-refractivity contribution is 1.19. The van der Waals surface area contributed by atoms with E-state index in [9.17, 15) is 0 Å². The molecule has 0 aliphatic heterocycles. The lowest BCUT2D eigenvalue weighted by Gasteiger charge is -2.26. The van der Waals surface area contributed by atoms with Gasteiger partial charge in [0.25, 0.3) is 0 Å². The summed E-state index contributed by atoms with van der Waals surface area (Å²) in [7, 11) is 0. The second-order valence-electron chi connectivity index (χ2n) is 14.6. The molecule has 0 saturated carbocycles. The molecule has 0 bridgehead atoms. The minimum absolute atomic E-state index is 1.11. The molecule has 0 aliphatic rings. The maximum atomic E-state index is 2.44. The fraction of sp³-hybridized carbons (Fsp3) is 0. The van der Waals surface area contributed by atoms with Crippen molar-refractivity contribution in [3.8, 4) is 27.9 Å². The van der Waals surface area contributed by atoms with Gasteiger partial charge in [-0.25, -0.2) is 0 Å².